The molecule has 23 heavy (non-hydrogen) atoms. The fourth-order valence-corrected chi connectivity index (χ4v) is 2.64. The number of carbonyl (C=O) groups excluding carboxylic acids is 2. The van der Waals surface area contributed by atoms with Crippen LogP contribution in [0.25, 0.3) is 0 Å². The Bertz CT molecular complexity index is 566. The Hall–Kier alpha value is -2.24. The van der Waals surface area contributed by atoms with Gasteiger partial charge in [-0.25, -0.2) is 4.79 Å². The second-order valence-corrected chi connectivity index (χ2v) is 5.61. The van der Waals surface area contributed by atoms with E-state index in [0.717, 1.165) is 25.7 Å². The van der Waals surface area contributed by atoms with Crippen LogP contribution in [0.2, 0.25) is 0 Å². The summed E-state index contributed by atoms with van der Waals surface area (Å²) in [6.45, 7) is 1.69. The van der Waals surface area contributed by atoms with Gasteiger partial charge >= 0.3 is 5.97 Å². The van der Waals surface area contributed by atoms with Crippen LogP contribution in [0.1, 0.15) is 43.0 Å². The van der Waals surface area contributed by atoms with Crippen molar-refractivity contribution in [3.63, 3.8) is 0 Å². The molecule has 1 N–H and O–H groups in total. The highest BCUT2D eigenvalue weighted by Gasteiger charge is 2.22. The molecule has 0 aliphatic heterocycles. The van der Waals surface area contributed by atoms with Crippen molar-refractivity contribution in [1.29, 1.82) is 0 Å². The van der Waals surface area contributed by atoms with Crippen LogP contribution in [0, 0.1) is 0 Å². The topological polar surface area (TPSA) is 73.9 Å². The first-order valence-corrected chi connectivity index (χ1v) is 7.78. The summed E-state index contributed by atoms with van der Waals surface area (Å²) in [5.41, 5.74) is 0.361. The highest BCUT2D eigenvalue weighted by molar-refractivity contribution is 5.90. The summed E-state index contributed by atoms with van der Waals surface area (Å²) < 4.78 is 15.6. The molecule has 0 aromatic heterocycles. The summed E-state index contributed by atoms with van der Waals surface area (Å²) in [6, 6.07) is 4.95. The van der Waals surface area contributed by atoms with Crippen LogP contribution in [0.5, 0.6) is 11.5 Å². The van der Waals surface area contributed by atoms with E-state index in [1.165, 1.54) is 20.3 Å². The Morgan fingerprint density at radius 3 is 2.48 bits per heavy atom. The summed E-state index contributed by atoms with van der Waals surface area (Å²) in [5, 5.41) is 3.00. The molecule has 1 fully saturated rings. The third-order valence-corrected chi connectivity index (χ3v) is 3.96. The van der Waals surface area contributed by atoms with E-state index in [0.29, 0.717) is 17.1 Å². The number of nitrogens with one attached hydrogen (secondary N) is 1. The van der Waals surface area contributed by atoms with Crippen LogP contribution in [0.15, 0.2) is 18.2 Å². The van der Waals surface area contributed by atoms with Crippen LogP contribution in [-0.4, -0.2) is 38.2 Å². The number of amides is 1. The highest BCUT2D eigenvalue weighted by atomic mass is 16.5. The maximum absolute atomic E-state index is 12.2. The zero-order valence-corrected chi connectivity index (χ0v) is 13.8. The molecule has 1 aliphatic carbocycles. The maximum atomic E-state index is 12.2. The van der Waals surface area contributed by atoms with E-state index in [1.54, 1.807) is 19.1 Å². The number of rotatable bonds is 6. The molecule has 1 amide bonds. The third kappa shape index (κ3) is 4.37. The van der Waals surface area contributed by atoms with Gasteiger partial charge < -0.3 is 19.5 Å². The van der Waals surface area contributed by atoms with Gasteiger partial charge in [-0.3, -0.25) is 4.79 Å². The second kappa shape index (κ2) is 7.85. The molecule has 1 saturated carbocycles. The van der Waals surface area contributed by atoms with Crippen molar-refractivity contribution in [2.45, 2.75) is 44.8 Å². The van der Waals surface area contributed by atoms with E-state index in [9.17, 15) is 9.59 Å². The molecule has 0 heterocycles. The van der Waals surface area contributed by atoms with Gasteiger partial charge in [-0.05, 0) is 38.0 Å². The highest BCUT2D eigenvalue weighted by Crippen LogP contribution is 2.29. The average Bonchev–Trinajstić information content (AvgIpc) is 3.07. The fourth-order valence-electron chi connectivity index (χ4n) is 2.64. The molecule has 1 aromatic rings. The van der Waals surface area contributed by atoms with E-state index in [2.05, 4.69) is 10.1 Å². The van der Waals surface area contributed by atoms with Gasteiger partial charge in [0.15, 0.2) is 17.6 Å². The SMILES string of the molecule is COC(=O)c1ccc(O[C@H](C)C(=O)NC2CCCC2)c(OC)c1. The lowest BCUT2D eigenvalue weighted by Crippen LogP contribution is -2.41. The minimum absolute atomic E-state index is 0.143. The van der Waals surface area contributed by atoms with Gasteiger partial charge in [-0.15, -0.1) is 0 Å². The van der Waals surface area contributed by atoms with Crippen LogP contribution >= 0.6 is 0 Å². The molecule has 2 rings (SSSR count). The molecular formula is C17H23NO5. The molecule has 1 aliphatic rings. The first kappa shape index (κ1) is 17.1. The lowest BCUT2D eigenvalue weighted by Gasteiger charge is -2.19. The normalized spacial score (nSPS) is 15.8. The monoisotopic (exact) mass is 321 g/mol. The number of hydrogen-bond acceptors (Lipinski definition) is 5. The first-order valence-electron chi connectivity index (χ1n) is 7.78. The molecule has 126 valence electrons. The summed E-state index contributed by atoms with van der Waals surface area (Å²) in [4.78, 5) is 23.7. The number of hydrogen-bond donors (Lipinski definition) is 1. The van der Waals surface area contributed by atoms with E-state index in [1.807, 2.05) is 0 Å². The predicted octanol–water partition coefficient (Wildman–Crippen LogP) is 2.31. The Labute approximate surface area is 136 Å². The van der Waals surface area contributed by atoms with Crippen molar-refractivity contribution < 1.29 is 23.8 Å². The molecule has 1 aromatic carbocycles. The Kier molecular flexibility index (Phi) is 5.84. The summed E-state index contributed by atoms with van der Waals surface area (Å²) in [5.74, 6) is 0.195. The Balaban J connectivity index is 2.02. The van der Waals surface area contributed by atoms with Crippen molar-refractivity contribution in [1.82, 2.24) is 5.32 Å². The molecule has 1 atom stereocenters. The summed E-state index contributed by atoms with van der Waals surface area (Å²) in [7, 11) is 2.79. The van der Waals surface area contributed by atoms with Gasteiger partial charge in [0.05, 0.1) is 19.8 Å². The van der Waals surface area contributed by atoms with Gasteiger partial charge in [0.1, 0.15) is 0 Å². The van der Waals surface area contributed by atoms with Crippen LogP contribution in [0.4, 0.5) is 0 Å². The minimum atomic E-state index is -0.645. The number of ether oxygens (including phenoxy) is 3. The molecule has 0 spiro atoms. The van der Waals surface area contributed by atoms with Gasteiger partial charge in [-0.1, -0.05) is 12.8 Å². The maximum Gasteiger partial charge on any atom is 0.337 e. The van der Waals surface area contributed by atoms with Gasteiger partial charge in [0.25, 0.3) is 5.91 Å². The first-order chi connectivity index (χ1) is 11.0. The largest absolute Gasteiger partial charge is 0.493 e. The molecule has 0 saturated heterocycles. The zero-order valence-electron chi connectivity index (χ0n) is 13.8. The smallest absolute Gasteiger partial charge is 0.337 e. The van der Waals surface area contributed by atoms with Crippen molar-refractivity contribution in [2.75, 3.05) is 14.2 Å². The average molecular weight is 321 g/mol. The third-order valence-electron chi connectivity index (χ3n) is 3.96. The predicted molar refractivity (Wildman–Crippen MR) is 84.8 cm³/mol. The molecule has 6 nitrogen and oxygen atoms in total. The van der Waals surface area contributed by atoms with E-state index >= 15 is 0 Å². The molecule has 6 heteroatoms. The number of benzene rings is 1. The van der Waals surface area contributed by atoms with Crippen molar-refractivity contribution in [3.05, 3.63) is 23.8 Å². The van der Waals surface area contributed by atoms with Crippen LogP contribution in [-0.2, 0) is 9.53 Å². The molecular weight excluding hydrogens is 298 g/mol. The van der Waals surface area contributed by atoms with Crippen LogP contribution < -0.4 is 14.8 Å². The van der Waals surface area contributed by atoms with Crippen molar-refractivity contribution >= 4 is 11.9 Å². The summed E-state index contributed by atoms with van der Waals surface area (Å²) >= 11 is 0. The number of carbonyl (C=O) groups is 2. The molecule has 0 unspecified atom stereocenters. The lowest BCUT2D eigenvalue weighted by atomic mass is 10.2. The van der Waals surface area contributed by atoms with E-state index < -0.39 is 12.1 Å². The van der Waals surface area contributed by atoms with Gasteiger partial charge in [-0.2, -0.15) is 0 Å². The second-order valence-electron chi connectivity index (χ2n) is 5.61. The standard InChI is InChI=1S/C17H23NO5/c1-11(16(19)18-13-6-4-5-7-13)23-14-9-8-12(17(20)22-3)10-15(14)21-2/h8-11,13H,4-7H2,1-3H3,(H,18,19)/t11-/m1/s1. The van der Waals surface area contributed by atoms with Crippen LogP contribution in [0.3, 0.4) is 0 Å². The molecule has 0 bridgehead atoms. The zero-order chi connectivity index (χ0) is 16.8. The number of methoxy groups -OCH3 is 2. The number of esters is 1. The van der Waals surface area contributed by atoms with Crippen molar-refractivity contribution in [2.24, 2.45) is 0 Å². The Morgan fingerprint density at radius 2 is 1.87 bits per heavy atom. The Morgan fingerprint density at radius 1 is 1.17 bits per heavy atom. The summed E-state index contributed by atoms with van der Waals surface area (Å²) in [6.07, 6.45) is 3.71. The van der Waals surface area contributed by atoms with Gasteiger partial charge in [0, 0.05) is 6.04 Å². The van der Waals surface area contributed by atoms with Gasteiger partial charge in [0.2, 0.25) is 0 Å². The van der Waals surface area contributed by atoms with E-state index in [4.69, 9.17) is 9.47 Å². The quantitative estimate of drug-likeness (QED) is 0.814. The lowest BCUT2D eigenvalue weighted by molar-refractivity contribution is -0.128. The minimum Gasteiger partial charge on any atom is -0.493 e. The van der Waals surface area contributed by atoms with E-state index in [-0.39, 0.29) is 11.9 Å². The molecule has 0 radical (unpaired) electrons. The fraction of sp³-hybridized carbons (Fsp3) is 0.529. The van der Waals surface area contributed by atoms with Crippen molar-refractivity contribution in [3.8, 4) is 11.5 Å².